The summed E-state index contributed by atoms with van der Waals surface area (Å²) in [5.74, 6) is 0.0915. The van der Waals surface area contributed by atoms with Crippen LogP contribution in [0.5, 0.6) is 0 Å². The van der Waals surface area contributed by atoms with Crippen LogP contribution in [-0.2, 0) is 11.2 Å². The Kier molecular flexibility index (Phi) is 4.51. The summed E-state index contributed by atoms with van der Waals surface area (Å²) in [4.78, 5) is 16.8. The molecule has 0 saturated carbocycles. The van der Waals surface area contributed by atoms with Crippen LogP contribution < -0.4 is 5.32 Å². The zero-order valence-electron chi connectivity index (χ0n) is 14.8. The van der Waals surface area contributed by atoms with Crippen LogP contribution >= 0.6 is 0 Å². The average Bonchev–Trinajstić information content (AvgIpc) is 2.93. The molecule has 24 heavy (non-hydrogen) atoms. The van der Waals surface area contributed by atoms with Crippen LogP contribution in [0.4, 0.5) is 0 Å². The van der Waals surface area contributed by atoms with Gasteiger partial charge in [-0.2, -0.15) is 5.10 Å². The average molecular weight is 324 g/mol. The quantitative estimate of drug-likeness (QED) is 0.783. The zero-order valence-corrected chi connectivity index (χ0v) is 14.8. The van der Waals surface area contributed by atoms with E-state index >= 15 is 0 Å². The Morgan fingerprint density at radius 2 is 2.04 bits per heavy atom. The van der Waals surface area contributed by atoms with Crippen LogP contribution in [0.25, 0.3) is 16.6 Å². The van der Waals surface area contributed by atoms with Gasteiger partial charge in [-0.05, 0) is 51.3 Å². The maximum absolute atomic E-state index is 12.1. The Labute approximate surface area is 142 Å². The molecule has 0 bridgehead atoms. The highest BCUT2D eigenvalue weighted by Crippen LogP contribution is 2.22. The minimum absolute atomic E-state index is 0.0915. The molecular weight excluding hydrogens is 300 g/mol. The van der Waals surface area contributed by atoms with E-state index in [0.717, 1.165) is 39.9 Å². The lowest BCUT2D eigenvalue weighted by molar-refractivity contribution is -0.121. The van der Waals surface area contributed by atoms with Gasteiger partial charge in [0.05, 0.1) is 5.52 Å². The van der Waals surface area contributed by atoms with Crippen LogP contribution in [0.2, 0.25) is 0 Å². The van der Waals surface area contributed by atoms with Crippen LogP contribution in [0.3, 0.4) is 0 Å². The van der Waals surface area contributed by atoms with Crippen molar-refractivity contribution in [3.63, 3.8) is 0 Å². The van der Waals surface area contributed by atoms with E-state index in [2.05, 4.69) is 24.3 Å². The number of carbonyl (C=O) groups is 1. The van der Waals surface area contributed by atoms with Crippen molar-refractivity contribution in [2.75, 3.05) is 0 Å². The van der Waals surface area contributed by atoms with Gasteiger partial charge in [-0.1, -0.05) is 19.1 Å². The third-order valence-corrected chi connectivity index (χ3v) is 4.64. The van der Waals surface area contributed by atoms with Crippen molar-refractivity contribution in [2.45, 2.75) is 53.0 Å². The van der Waals surface area contributed by atoms with Crippen LogP contribution in [0, 0.1) is 13.8 Å². The monoisotopic (exact) mass is 324 g/mol. The number of hydrogen-bond acceptors (Lipinski definition) is 3. The first-order chi connectivity index (χ1) is 11.5. The van der Waals surface area contributed by atoms with E-state index < -0.39 is 0 Å². The first-order valence-corrected chi connectivity index (χ1v) is 8.54. The van der Waals surface area contributed by atoms with Gasteiger partial charge < -0.3 is 5.32 Å². The number of hydrogen-bond donors (Lipinski definition) is 1. The predicted octanol–water partition coefficient (Wildman–Crippen LogP) is 3.35. The number of amides is 1. The minimum Gasteiger partial charge on any atom is -0.354 e. The molecule has 0 spiro atoms. The normalized spacial score (nSPS) is 12.7. The second-order valence-corrected chi connectivity index (χ2v) is 6.39. The number of carbonyl (C=O) groups excluding carboxylic acids is 1. The molecule has 0 fully saturated rings. The van der Waals surface area contributed by atoms with Crippen molar-refractivity contribution >= 4 is 22.5 Å². The second-order valence-electron chi connectivity index (χ2n) is 6.39. The second kappa shape index (κ2) is 6.59. The van der Waals surface area contributed by atoms with E-state index in [1.54, 1.807) is 0 Å². The molecule has 1 N–H and O–H groups in total. The molecule has 0 aliphatic carbocycles. The number of aromatic nitrogens is 3. The minimum atomic E-state index is 0.0915. The topological polar surface area (TPSA) is 59.3 Å². The van der Waals surface area contributed by atoms with Crippen LogP contribution in [0.1, 0.15) is 43.6 Å². The van der Waals surface area contributed by atoms with E-state index in [-0.39, 0.29) is 11.9 Å². The third kappa shape index (κ3) is 2.98. The number of fused-ring (bicyclic) bond motifs is 3. The fourth-order valence-electron chi connectivity index (χ4n) is 3.03. The molecule has 0 aliphatic heterocycles. The van der Waals surface area contributed by atoms with Crippen molar-refractivity contribution in [3.05, 3.63) is 41.2 Å². The number of nitrogens with one attached hydrogen (secondary N) is 1. The fourth-order valence-corrected chi connectivity index (χ4v) is 3.03. The molecule has 1 atom stereocenters. The van der Waals surface area contributed by atoms with Gasteiger partial charge in [0.1, 0.15) is 0 Å². The summed E-state index contributed by atoms with van der Waals surface area (Å²) < 4.78 is 1.90. The molecule has 3 rings (SSSR count). The van der Waals surface area contributed by atoms with E-state index in [9.17, 15) is 4.79 Å². The smallest absolute Gasteiger partial charge is 0.220 e. The van der Waals surface area contributed by atoms with Gasteiger partial charge in [0.15, 0.2) is 5.65 Å². The Bertz CT molecular complexity index is 897. The molecule has 1 aromatic carbocycles. The van der Waals surface area contributed by atoms with Crippen molar-refractivity contribution in [1.29, 1.82) is 0 Å². The molecule has 0 unspecified atom stereocenters. The van der Waals surface area contributed by atoms with E-state index in [4.69, 9.17) is 4.98 Å². The summed E-state index contributed by atoms with van der Waals surface area (Å²) in [5, 5.41) is 8.73. The van der Waals surface area contributed by atoms with Gasteiger partial charge in [0.2, 0.25) is 5.91 Å². The van der Waals surface area contributed by atoms with Crippen molar-refractivity contribution in [1.82, 2.24) is 19.9 Å². The standard InChI is InChI=1S/C19H24N4O/c1-5-12(2)20-18(24)11-10-15-13(3)21-19-16-8-6-7-9-17(16)22-23(19)14(15)4/h6-9,12H,5,10-11H2,1-4H3,(H,20,24)/t12-/m1/s1. The summed E-state index contributed by atoms with van der Waals surface area (Å²) in [5.41, 5.74) is 4.97. The summed E-state index contributed by atoms with van der Waals surface area (Å²) >= 11 is 0. The van der Waals surface area contributed by atoms with Crippen molar-refractivity contribution in [3.8, 4) is 0 Å². The number of benzene rings is 1. The summed E-state index contributed by atoms with van der Waals surface area (Å²) in [6, 6.07) is 8.25. The molecule has 0 saturated heterocycles. The first-order valence-electron chi connectivity index (χ1n) is 8.54. The first kappa shape index (κ1) is 16.4. The largest absolute Gasteiger partial charge is 0.354 e. The number of nitrogens with zero attached hydrogens (tertiary/aromatic N) is 3. The summed E-state index contributed by atoms with van der Waals surface area (Å²) in [6.07, 6.45) is 2.09. The molecule has 5 heteroatoms. The highest BCUT2D eigenvalue weighted by Gasteiger charge is 2.15. The Hall–Kier alpha value is -2.43. The van der Waals surface area contributed by atoms with Gasteiger partial charge in [0, 0.05) is 29.2 Å². The molecular formula is C19H24N4O. The van der Waals surface area contributed by atoms with Crippen molar-refractivity contribution in [2.24, 2.45) is 0 Å². The lowest BCUT2D eigenvalue weighted by Crippen LogP contribution is -2.32. The molecule has 0 radical (unpaired) electrons. The van der Waals surface area contributed by atoms with Crippen molar-refractivity contribution < 1.29 is 4.79 Å². The number of rotatable bonds is 5. The molecule has 1 amide bonds. The van der Waals surface area contributed by atoms with Gasteiger partial charge in [-0.25, -0.2) is 9.50 Å². The Morgan fingerprint density at radius 1 is 1.29 bits per heavy atom. The van der Waals surface area contributed by atoms with Gasteiger partial charge in [0.25, 0.3) is 0 Å². The van der Waals surface area contributed by atoms with Crippen LogP contribution in [-0.4, -0.2) is 26.5 Å². The Balaban J connectivity index is 1.91. The Morgan fingerprint density at radius 3 is 2.79 bits per heavy atom. The zero-order chi connectivity index (χ0) is 17.3. The molecule has 126 valence electrons. The number of aryl methyl sites for hydroxylation is 2. The SMILES string of the molecule is CC[C@@H](C)NC(=O)CCc1c(C)nc2c3ccccc3nn2c1C. The highest BCUT2D eigenvalue weighted by molar-refractivity contribution is 5.92. The lowest BCUT2D eigenvalue weighted by atomic mass is 10.1. The molecule has 2 aromatic heterocycles. The van der Waals surface area contributed by atoms with Gasteiger partial charge in [-0.15, -0.1) is 0 Å². The van der Waals surface area contributed by atoms with Gasteiger partial charge in [-0.3, -0.25) is 4.79 Å². The molecule has 0 aliphatic rings. The lowest BCUT2D eigenvalue weighted by Gasteiger charge is -2.13. The molecule has 2 heterocycles. The summed E-state index contributed by atoms with van der Waals surface area (Å²) in [7, 11) is 0. The fraction of sp³-hybridized carbons (Fsp3) is 0.421. The highest BCUT2D eigenvalue weighted by atomic mass is 16.1. The van der Waals surface area contributed by atoms with E-state index in [1.165, 1.54) is 0 Å². The van der Waals surface area contributed by atoms with Crippen LogP contribution in [0.15, 0.2) is 24.3 Å². The molecule has 3 aromatic rings. The molecule has 5 nitrogen and oxygen atoms in total. The summed E-state index contributed by atoms with van der Waals surface area (Å²) in [6.45, 7) is 8.16. The third-order valence-electron chi connectivity index (χ3n) is 4.64. The van der Waals surface area contributed by atoms with E-state index in [1.807, 2.05) is 42.6 Å². The maximum Gasteiger partial charge on any atom is 0.220 e. The predicted molar refractivity (Wildman–Crippen MR) is 96.2 cm³/mol. The maximum atomic E-state index is 12.1. The van der Waals surface area contributed by atoms with Gasteiger partial charge >= 0.3 is 0 Å². The van der Waals surface area contributed by atoms with E-state index in [0.29, 0.717) is 12.8 Å².